The molecule has 0 bridgehead atoms. The van der Waals surface area contributed by atoms with Crippen LogP contribution >= 0.6 is 0 Å². The first-order valence-electron chi connectivity index (χ1n) is 10.9. The Labute approximate surface area is 188 Å². The Hall–Kier alpha value is -3.39. The van der Waals surface area contributed by atoms with Gasteiger partial charge in [0, 0.05) is 38.4 Å². The standard InChI is InChI=1S/C24H30N6O2/c1-17-14-30(15-18(2)32-17)22-10-9-19(11-26-22)12-27-24(25-3)28-13-21-16-31-23(29-21)20-7-5-4-6-8-20/h4-11,16-18H,12-15H2,1-3H3,(H2,25,27,28). The minimum absolute atomic E-state index is 0.213. The summed E-state index contributed by atoms with van der Waals surface area (Å²) in [7, 11) is 1.75. The maximum Gasteiger partial charge on any atom is 0.226 e. The zero-order chi connectivity index (χ0) is 22.3. The number of nitrogens with zero attached hydrogens (tertiary/aromatic N) is 4. The van der Waals surface area contributed by atoms with Gasteiger partial charge in [-0.15, -0.1) is 0 Å². The lowest BCUT2D eigenvalue weighted by Gasteiger charge is -2.36. The van der Waals surface area contributed by atoms with Crippen molar-refractivity contribution in [3.05, 3.63) is 66.2 Å². The molecule has 1 fully saturated rings. The fourth-order valence-electron chi connectivity index (χ4n) is 3.76. The van der Waals surface area contributed by atoms with Gasteiger partial charge in [0.25, 0.3) is 0 Å². The van der Waals surface area contributed by atoms with Crippen LogP contribution in [0.25, 0.3) is 11.5 Å². The Morgan fingerprint density at radius 2 is 1.81 bits per heavy atom. The Morgan fingerprint density at radius 3 is 2.50 bits per heavy atom. The molecule has 3 heterocycles. The van der Waals surface area contributed by atoms with Gasteiger partial charge in [-0.3, -0.25) is 4.99 Å². The van der Waals surface area contributed by atoms with Gasteiger partial charge >= 0.3 is 0 Å². The van der Waals surface area contributed by atoms with Gasteiger partial charge < -0.3 is 24.7 Å². The van der Waals surface area contributed by atoms with E-state index >= 15 is 0 Å². The first-order valence-corrected chi connectivity index (χ1v) is 10.9. The third-order valence-corrected chi connectivity index (χ3v) is 5.25. The van der Waals surface area contributed by atoms with Crippen molar-refractivity contribution in [3.8, 4) is 11.5 Å². The summed E-state index contributed by atoms with van der Waals surface area (Å²) < 4.78 is 11.4. The summed E-state index contributed by atoms with van der Waals surface area (Å²) in [6.45, 7) is 7.05. The van der Waals surface area contributed by atoms with E-state index in [1.165, 1.54) is 0 Å². The predicted molar refractivity (Wildman–Crippen MR) is 125 cm³/mol. The highest BCUT2D eigenvalue weighted by Crippen LogP contribution is 2.19. The fourth-order valence-corrected chi connectivity index (χ4v) is 3.76. The van der Waals surface area contributed by atoms with Crippen LogP contribution < -0.4 is 15.5 Å². The van der Waals surface area contributed by atoms with Crippen molar-refractivity contribution < 1.29 is 9.15 Å². The number of rotatable bonds is 6. The Morgan fingerprint density at radius 1 is 1.06 bits per heavy atom. The lowest BCUT2D eigenvalue weighted by Crippen LogP contribution is -2.45. The molecule has 2 N–H and O–H groups in total. The maximum absolute atomic E-state index is 5.81. The number of morpholine rings is 1. The number of hydrogen-bond donors (Lipinski definition) is 2. The van der Waals surface area contributed by atoms with Gasteiger partial charge in [-0.05, 0) is 37.6 Å². The van der Waals surface area contributed by atoms with Crippen molar-refractivity contribution in [1.82, 2.24) is 20.6 Å². The van der Waals surface area contributed by atoms with E-state index in [4.69, 9.17) is 9.15 Å². The van der Waals surface area contributed by atoms with Crippen molar-refractivity contribution in [3.63, 3.8) is 0 Å². The molecule has 3 aromatic rings. The van der Waals surface area contributed by atoms with E-state index in [9.17, 15) is 0 Å². The SMILES string of the molecule is CN=C(NCc1ccc(N2CC(C)OC(C)C2)nc1)NCc1coc(-c2ccccc2)n1. The Balaban J connectivity index is 1.27. The quantitative estimate of drug-likeness (QED) is 0.455. The van der Waals surface area contributed by atoms with Crippen LogP contribution in [0.2, 0.25) is 0 Å². The third-order valence-electron chi connectivity index (χ3n) is 5.25. The van der Waals surface area contributed by atoms with Crippen molar-refractivity contribution in [2.75, 3.05) is 25.0 Å². The van der Waals surface area contributed by atoms with Crippen molar-refractivity contribution >= 4 is 11.8 Å². The van der Waals surface area contributed by atoms with Crippen LogP contribution in [-0.2, 0) is 17.8 Å². The molecule has 1 saturated heterocycles. The van der Waals surface area contributed by atoms with Crippen LogP contribution in [0.3, 0.4) is 0 Å². The molecule has 4 rings (SSSR count). The average Bonchev–Trinajstić information content (AvgIpc) is 3.29. The number of guanidine groups is 1. The highest BCUT2D eigenvalue weighted by Gasteiger charge is 2.22. The second-order valence-corrected chi connectivity index (χ2v) is 7.98. The summed E-state index contributed by atoms with van der Waals surface area (Å²) in [5.74, 6) is 2.29. The minimum atomic E-state index is 0.213. The number of aliphatic imine (C=N–C) groups is 1. The second kappa shape index (κ2) is 10.3. The van der Waals surface area contributed by atoms with Gasteiger partial charge in [0.15, 0.2) is 5.96 Å². The highest BCUT2D eigenvalue weighted by molar-refractivity contribution is 5.79. The van der Waals surface area contributed by atoms with Crippen molar-refractivity contribution in [2.24, 2.45) is 4.99 Å². The van der Waals surface area contributed by atoms with E-state index in [2.05, 4.69) is 56.5 Å². The van der Waals surface area contributed by atoms with Crippen LogP contribution in [0.5, 0.6) is 0 Å². The molecule has 0 amide bonds. The summed E-state index contributed by atoms with van der Waals surface area (Å²) in [6.07, 6.45) is 4.00. The summed E-state index contributed by atoms with van der Waals surface area (Å²) >= 11 is 0. The monoisotopic (exact) mass is 434 g/mol. The number of aromatic nitrogens is 2. The van der Waals surface area contributed by atoms with Crippen LogP contribution in [-0.4, -0.2) is 48.3 Å². The van der Waals surface area contributed by atoms with Gasteiger partial charge in [0.2, 0.25) is 5.89 Å². The van der Waals surface area contributed by atoms with E-state index in [1.54, 1.807) is 13.3 Å². The first kappa shape index (κ1) is 21.8. The van der Waals surface area contributed by atoms with E-state index in [-0.39, 0.29) is 12.2 Å². The number of nitrogens with one attached hydrogen (secondary N) is 2. The largest absolute Gasteiger partial charge is 0.444 e. The summed E-state index contributed by atoms with van der Waals surface area (Å²) in [4.78, 5) is 15.7. The molecule has 2 atom stereocenters. The number of hydrogen-bond acceptors (Lipinski definition) is 6. The lowest BCUT2D eigenvalue weighted by molar-refractivity contribution is -0.00545. The van der Waals surface area contributed by atoms with E-state index < -0.39 is 0 Å². The number of ether oxygens (including phenoxy) is 1. The maximum atomic E-state index is 5.81. The topological polar surface area (TPSA) is 87.8 Å². The van der Waals surface area contributed by atoms with Crippen molar-refractivity contribution in [1.29, 1.82) is 0 Å². The second-order valence-electron chi connectivity index (χ2n) is 7.98. The normalized spacial score (nSPS) is 19.1. The molecule has 1 aliphatic heterocycles. The van der Waals surface area contributed by atoms with Crippen LogP contribution in [0.1, 0.15) is 25.1 Å². The van der Waals surface area contributed by atoms with Gasteiger partial charge in [0.1, 0.15) is 12.1 Å². The molecular weight excluding hydrogens is 404 g/mol. The highest BCUT2D eigenvalue weighted by atomic mass is 16.5. The molecule has 1 aliphatic rings. The predicted octanol–water partition coefficient (Wildman–Crippen LogP) is 3.22. The number of oxazole rings is 1. The van der Waals surface area contributed by atoms with E-state index in [1.807, 2.05) is 36.5 Å². The molecule has 0 spiro atoms. The molecule has 168 valence electrons. The molecule has 8 nitrogen and oxygen atoms in total. The van der Waals surface area contributed by atoms with Crippen LogP contribution in [0.4, 0.5) is 5.82 Å². The van der Waals surface area contributed by atoms with Gasteiger partial charge in [-0.2, -0.15) is 0 Å². The number of anilines is 1. The minimum Gasteiger partial charge on any atom is -0.444 e. The zero-order valence-corrected chi connectivity index (χ0v) is 18.8. The van der Waals surface area contributed by atoms with E-state index in [0.717, 1.165) is 35.7 Å². The molecular formula is C24H30N6O2. The zero-order valence-electron chi connectivity index (χ0n) is 18.8. The molecule has 2 unspecified atom stereocenters. The van der Waals surface area contributed by atoms with Gasteiger partial charge in [0.05, 0.1) is 24.4 Å². The molecule has 32 heavy (non-hydrogen) atoms. The molecule has 1 aromatic carbocycles. The van der Waals surface area contributed by atoms with Crippen LogP contribution in [0.15, 0.2) is 64.3 Å². The Bertz CT molecular complexity index is 1010. The molecule has 2 aromatic heterocycles. The number of pyridine rings is 1. The summed E-state index contributed by atoms with van der Waals surface area (Å²) in [5, 5.41) is 6.58. The fraction of sp³-hybridized carbons (Fsp3) is 0.375. The van der Waals surface area contributed by atoms with Gasteiger partial charge in [-0.25, -0.2) is 9.97 Å². The molecule has 0 saturated carbocycles. The Kier molecular flexibility index (Phi) is 7.01. The average molecular weight is 435 g/mol. The van der Waals surface area contributed by atoms with Crippen molar-refractivity contribution in [2.45, 2.75) is 39.1 Å². The first-order chi connectivity index (χ1) is 15.6. The molecule has 0 aliphatic carbocycles. The number of benzene rings is 1. The van der Waals surface area contributed by atoms with Crippen LogP contribution in [0, 0.1) is 0 Å². The third kappa shape index (κ3) is 5.64. The lowest BCUT2D eigenvalue weighted by atomic mass is 10.2. The summed E-state index contributed by atoms with van der Waals surface area (Å²) in [5.41, 5.74) is 2.85. The molecule has 8 heteroatoms. The molecule has 0 radical (unpaired) electrons. The van der Waals surface area contributed by atoms with E-state index in [0.29, 0.717) is 24.9 Å². The summed E-state index contributed by atoms with van der Waals surface area (Å²) in [6, 6.07) is 14.0. The smallest absolute Gasteiger partial charge is 0.226 e. The van der Waals surface area contributed by atoms with Gasteiger partial charge in [-0.1, -0.05) is 24.3 Å².